The van der Waals surface area contributed by atoms with Gasteiger partial charge in [0, 0.05) is 29.5 Å². The number of hydrogen-bond acceptors (Lipinski definition) is 2. The van der Waals surface area contributed by atoms with Crippen molar-refractivity contribution in [3.05, 3.63) is 58.6 Å². The molecule has 0 aliphatic rings. The highest BCUT2D eigenvalue weighted by atomic mass is 35.5. The smallest absolute Gasteiger partial charge is 0.0459 e. The molecule has 0 radical (unpaired) electrons. The number of benzene rings is 2. The summed E-state index contributed by atoms with van der Waals surface area (Å²) in [6, 6.07) is 14.9. The zero-order chi connectivity index (χ0) is 15.4. The molecule has 2 aromatic carbocycles. The van der Waals surface area contributed by atoms with E-state index in [1.54, 1.807) is 0 Å². The molecule has 112 valence electrons. The molecule has 0 aliphatic carbocycles. The van der Waals surface area contributed by atoms with Crippen LogP contribution in [-0.4, -0.2) is 13.1 Å². The minimum Gasteiger partial charge on any atom is -0.345 e. The summed E-state index contributed by atoms with van der Waals surface area (Å²) >= 11 is 6.37. The summed E-state index contributed by atoms with van der Waals surface area (Å²) in [7, 11) is 2.05. The second kappa shape index (κ2) is 6.97. The van der Waals surface area contributed by atoms with Crippen LogP contribution in [0.15, 0.2) is 42.5 Å². The molecule has 2 rings (SSSR count). The minimum absolute atomic E-state index is 0.118. The Hall–Kier alpha value is -1.51. The van der Waals surface area contributed by atoms with Gasteiger partial charge in [-0.2, -0.15) is 0 Å². The second-order valence-corrected chi connectivity index (χ2v) is 5.94. The number of hydrogen-bond donors (Lipinski definition) is 1. The van der Waals surface area contributed by atoms with Crippen LogP contribution in [-0.2, 0) is 12.8 Å². The third-order valence-electron chi connectivity index (χ3n) is 3.70. The average Bonchev–Trinajstić information content (AvgIpc) is 2.48. The van der Waals surface area contributed by atoms with E-state index in [0.29, 0.717) is 0 Å². The molecule has 21 heavy (non-hydrogen) atoms. The van der Waals surface area contributed by atoms with Crippen LogP contribution in [0.3, 0.4) is 0 Å². The van der Waals surface area contributed by atoms with Gasteiger partial charge in [-0.15, -0.1) is 0 Å². The molecule has 0 aromatic heterocycles. The van der Waals surface area contributed by atoms with Crippen molar-refractivity contribution in [3.8, 4) is 0 Å². The zero-order valence-corrected chi connectivity index (χ0v) is 13.7. The van der Waals surface area contributed by atoms with E-state index >= 15 is 0 Å². The monoisotopic (exact) mass is 302 g/mol. The molecule has 3 heteroatoms. The van der Waals surface area contributed by atoms with Gasteiger partial charge in [-0.3, -0.25) is 0 Å². The van der Waals surface area contributed by atoms with E-state index < -0.39 is 0 Å². The lowest BCUT2D eigenvalue weighted by Crippen LogP contribution is -2.18. The van der Waals surface area contributed by atoms with E-state index in [-0.39, 0.29) is 6.04 Å². The maximum atomic E-state index is 6.37. The van der Waals surface area contributed by atoms with Crippen LogP contribution in [0.1, 0.15) is 25.0 Å². The largest absolute Gasteiger partial charge is 0.345 e. The van der Waals surface area contributed by atoms with Gasteiger partial charge in [-0.05, 0) is 55.2 Å². The minimum atomic E-state index is 0.118. The Labute approximate surface area is 132 Å². The Balaban J connectivity index is 2.22. The molecule has 1 atom stereocenters. The van der Waals surface area contributed by atoms with Gasteiger partial charge >= 0.3 is 0 Å². The van der Waals surface area contributed by atoms with Crippen molar-refractivity contribution in [3.63, 3.8) is 0 Å². The Morgan fingerprint density at radius 2 is 1.71 bits per heavy atom. The van der Waals surface area contributed by atoms with Gasteiger partial charge in [0.2, 0.25) is 0 Å². The predicted molar refractivity (Wildman–Crippen MR) is 92.7 cm³/mol. The standard InChI is InChI=1S/C18H23ClN2/c1-4-14-5-8-16(9-6-14)21(3)17-10-7-15(11-13(2)20)18(19)12-17/h5-10,12-13H,4,11,20H2,1-3H3. The molecule has 0 bridgehead atoms. The van der Waals surface area contributed by atoms with Crippen LogP contribution in [0, 0.1) is 0 Å². The summed E-state index contributed by atoms with van der Waals surface area (Å²) in [5, 5.41) is 0.779. The number of halogens is 1. The summed E-state index contributed by atoms with van der Waals surface area (Å²) in [4.78, 5) is 2.14. The summed E-state index contributed by atoms with van der Waals surface area (Å²) in [6.45, 7) is 4.15. The van der Waals surface area contributed by atoms with Crippen LogP contribution >= 0.6 is 11.6 Å². The SMILES string of the molecule is CCc1ccc(N(C)c2ccc(CC(C)N)c(Cl)c2)cc1. The van der Waals surface area contributed by atoms with Crippen molar-refractivity contribution in [1.29, 1.82) is 0 Å². The second-order valence-electron chi connectivity index (χ2n) is 5.54. The molecule has 0 saturated heterocycles. The summed E-state index contributed by atoms with van der Waals surface area (Å²) in [6.07, 6.45) is 1.86. The number of nitrogens with two attached hydrogens (primary N) is 1. The molecular weight excluding hydrogens is 280 g/mol. The molecule has 2 nitrogen and oxygen atoms in total. The third kappa shape index (κ3) is 3.99. The fraction of sp³-hybridized carbons (Fsp3) is 0.333. The predicted octanol–water partition coefficient (Wildman–Crippen LogP) is 4.56. The number of nitrogens with zero attached hydrogens (tertiary/aromatic N) is 1. The zero-order valence-electron chi connectivity index (χ0n) is 12.9. The molecule has 2 N–H and O–H groups in total. The lowest BCUT2D eigenvalue weighted by molar-refractivity contribution is 0.738. The maximum absolute atomic E-state index is 6.37. The third-order valence-corrected chi connectivity index (χ3v) is 4.05. The van der Waals surface area contributed by atoms with Crippen LogP contribution < -0.4 is 10.6 Å². The van der Waals surface area contributed by atoms with Crippen LogP contribution in [0.25, 0.3) is 0 Å². The highest BCUT2D eigenvalue weighted by Crippen LogP contribution is 2.28. The van der Waals surface area contributed by atoms with E-state index in [1.807, 2.05) is 13.0 Å². The maximum Gasteiger partial charge on any atom is 0.0459 e. The van der Waals surface area contributed by atoms with Crippen molar-refractivity contribution in [2.24, 2.45) is 5.73 Å². The van der Waals surface area contributed by atoms with E-state index in [0.717, 1.165) is 34.8 Å². The van der Waals surface area contributed by atoms with Crippen molar-refractivity contribution < 1.29 is 0 Å². The van der Waals surface area contributed by atoms with Gasteiger partial charge in [0.05, 0.1) is 0 Å². The number of rotatable bonds is 5. The quantitative estimate of drug-likeness (QED) is 0.877. The van der Waals surface area contributed by atoms with Crippen molar-refractivity contribution in [2.75, 3.05) is 11.9 Å². The highest BCUT2D eigenvalue weighted by molar-refractivity contribution is 6.31. The molecule has 0 aliphatic heterocycles. The van der Waals surface area contributed by atoms with Gasteiger partial charge in [0.25, 0.3) is 0 Å². The first-order valence-electron chi connectivity index (χ1n) is 7.38. The molecule has 2 aromatic rings. The Morgan fingerprint density at radius 3 is 2.24 bits per heavy atom. The van der Waals surface area contributed by atoms with Crippen LogP contribution in [0.2, 0.25) is 5.02 Å². The Morgan fingerprint density at radius 1 is 1.10 bits per heavy atom. The fourth-order valence-electron chi connectivity index (χ4n) is 2.36. The Kier molecular flexibility index (Phi) is 5.27. The summed E-state index contributed by atoms with van der Waals surface area (Å²) in [5.74, 6) is 0. The number of aryl methyl sites for hydroxylation is 1. The number of anilines is 2. The van der Waals surface area contributed by atoms with Gasteiger partial charge in [0.15, 0.2) is 0 Å². The fourth-order valence-corrected chi connectivity index (χ4v) is 2.61. The molecular formula is C18H23ClN2. The molecule has 0 fully saturated rings. The van der Waals surface area contributed by atoms with Gasteiger partial charge in [-0.25, -0.2) is 0 Å². The molecule has 0 heterocycles. The molecule has 1 unspecified atom stereocenters. The highest BCUT2D eigenvalue weighted by Gasteiger charge is 2.08. The van der Waals surface area contributed by atoms with Crippen molar-refractivity contribution in [1.82, 2.24) is 0 Å². The lowest BCUT2D eigenvalue weighted by atomic mass is 10.1. The lowest BCUT2D eigenvalue weighted by Gasteiger charge is -2.21. The van der Waals surface area contributed by atoms with E-state index in [9.17, 15) is 0 Å². The van der Waals surface area contributed by atoms with Gasteiger partial charge < -0.3 is 10.6 Å². The summed E-state index contributed by atoms with van der Waals surface area (Å²) in [5.41, 5.74) is 10.5. The first-order chi connectivity index (χ1) is 10.0. The van der Waals surface area contributed by atoms with Gasteiger partial charge in [-0.1, -0.05) is 36.7 Å². The van der Waals surface area contributed by atoms with Crippen molar-refractivity contribution >= 4 is 23.0 Å². The first-order valence-corrected chi connectivity index (χ1v) is 7.75. The van der Waals surface area contributed by atoms with E-state index in [2.05, 4.69) is 55.3 Å². The molecule has 0 amide bonds. The van der Waals surface area contributed by atoms with E-state index in [1.165, 1.54) is 5.56 Å². The Bertz CT molecular complexity index is 591. The average molecular weight is 303 g/mol. The van der Waals surface area contributed by atoms with Crippen LogP contribution in [0.5, 0.6) is 0 Å². The van der Waals surface area contributed by atoms with E-state index in [4.69, 9.17) is 17.3 Å². The normalized spacial score (nSPS) is 12.2. The van der Waals surface area contributed by atoms with Crippen LogP contribution in [0.4, 0.5) is 11.4 Å². The molecule has 0 saturated carbocycles. The topological polar surface area (TPSA) is 29.3 Å². The molecule has 0 spiro atoms. The first kappa shape index (κ1) is 15.9. The van der Waals surface area contributed by atoms with Crippen molar-refractivity contribution in [2.45, 2.75) is 32.7 Å². The summed E-state index contributed by atoms with van der Waals surface area (Å²) < 4.78 is 0. The van der Waals surface area contributed by atoms with Gasteiger partial charge in [0.1, 0.15) is 0 Å².